The van der Waals surface area contributed by atoms with Gasteiger partial charge in [-0.3, -0.25) is 4.57 Å². The summed E-state index contributed by atoms with van der Waals surface area (Å²) in [6.45, 7) is 0.588. The van der Waals surface area contributed by atoms with Crippen LogP contribution in [0.3, 0.4) is 0 Å². The van der Waals surface area contributed by atoms with Crippen molar-refractivity contribution < 1.29 is 9.52 Å². The third kappa shape index (κ3) is 1.91. The van der Waals surface area contributed by atoms with Gasteiger partial charge in [-0.15, -0.1) is 0 Å². The second kappa shape index (κ2) is 4.31. The number of phenolic OH excluding ortho intramolecular Hbond substituents is 1. The minimum Gasteiger partial charge on any atom is -0.508 e. The van der Waals surface area contributed by atoms with Gasteiger partial charge in [-0.1, -0.05) is 24.3 Å². The van der Waals surface area contributed by atoms with E-state index in [-0.39, 0.29) is 5.75 Å². The SMILES string of the molecule is Oc1cccc(Cn2c(=S)oc3ccccc32)c1. The van der Waals surface area contributed by atoms with Crippen molar-refractivity contribution in [3.8, 4) is 5.75 Å². The van der Waals surface area contributed by atoms with E-state index in [1.807, 2.05) is 41.0 Å². The fourth-order valence-corrected chi connectivity index (χ4v) is 2.25. The number of nitrogens with zero attached hydrogens (tertiary/aromatic N) is 1. The molecule has 3 aromatic rings. The predicted octanol–water partition coefficient (Wildman–Crippen LogP) is 3.72. The molecule has 0 fully saturated rings. The number of oxazole rings is 1. The predicted molar refractivity (Wildman–Crippen MR) is 72.2 cm³/mol. The molecule has 4 heteroatoms. The topological polar surface area (TPSA) is 38.3 Å². The molecule has 0 radical (unpaired) electrons. The molecule has 90 valence electrons. The lowest BCUT2D eigenvalue weighted by molar-refractivity contribution is 0.474. The van der Waals surface area contributed by atoms with Crippen LogP contribution in [0.5, 0.6) is 5.75 Å². The summed E-state index contributed by atoms with van der Waals surface area (Å²) in [7, 11) is 0. The summed E-state index contributed by atoms with van der Waals surface area (Å²) >= 11 is 5.22. The first-order chi connectivity index (χ1) is 8.74. The third-order valence-electron chi connectivity index (χ3n) is 2.82. The van der Waals surface area contributed by atoms with E-state index in [4.69, 9.17) is 16.6 Å². The maximum absolute atomic E-state index is 9.47. The number of hydrogen-bond donors (Lipinski definition) is 1. The second-order valence-electron chi connectivity index (χ2n) is 4.09. The lowest BCUT2D eigenvalue weighted by atomic mass is 10.2. The summed E-state index contributed by atoms with van der Waals surface area (Å²) in [5.74, 6) is 0.256. The average molecular weight is 257 g/mol. The maximum Gasteiger partial charge on any atom is 0.269 e. The Morgan fingerprint density at radius 1 is 1.11 bits per heavy atom. The van der Waals surface area contributed by atoms with Crippen LogP contribution in [0.4, 0.5) is 0 Å². The quantitative estimate of drug-likeness (QED) is 0.711. The Labute approximate surface area is 109 Å². The number of benzene rings is 2. The van der Waals surface area contributed by atoms with Crippen molar-refractivity contribution in [3.63, 3.8) is 0 Å². The van der Waals surface area contributed by atoms with Crippen molar-refractivity contribution in [2.24, 2.45) is 0 Å². The Morgan fingerprint density at radius 2 is 1.94 bits per heavy atom. The van der Waals surface area contributed by atoms with Crippen molar-refractivity contribution in [2.75, 3.05) is 0 Å². The molecule has 0 atom stereocenters. The number of para-hydroxylation sites is 2. The van der Waals surface area contributed by atoms with E-state index in [1.54, 1.807) is 12.1 Å². The first-order valence-electron chi connectivity index (χ1n) is 5.60. The van der Waals surface area contributed by atoms with Crippen molar-refractivity contribution in [1.82, 2.24) is 4.57 Å². The van der Waals surface area contributed by atoms with Crippen LogP contribution in [-0.2, 0) is 6.54 Å². The molecular weight excluding hydrogens is 246 g/mol. The average Bonchev–Trinajstić information content (AvgIpc) is 2.66. The summed E-state index contributed by atoms with van der Waals surface area (Å²) in [6.07, 6.45) is 0. The minimum absolute atomic E-state index is 0.256. The van der Waals surface area contributed by atoms with Gasteiger partial charge in [-0.25, -0.2) is 0 Å². The Kier molecular flexibility index (Phi) is 2.64. The Hall–Kier alpha value is -2.07. The van der Waals surface area contributed by atoms with Crippen molar-refractivity contribution in [2.45, 2.75) is 6.54 Å². The zero-order valence-electron chi connectivity index (χ0n) is 9.54. The minimum atomic E-state index is 0.256. The van der Waals surface area contributed by atoms with Crippen molar-refractivity contribution in [1.29, 1.82) is 0 Å². The molecule has 0 aliphatic rings. The Morgan fingerprint density at radius 3 is 2.78 bits per heavy atom. The van der Waals surface area contributed by atoms with Gasteiger partial charge in [0.2, 0.25) is 0 Å². The number of phenols is 1. The van der Waals surface area contributed by atoms with E-state index in [0.29, 0.717) is 11.4 Å². The summed E-state index contributed by atoms with van der Waals surface area (Å²) in [5, 5.41) is 9.47. The molecule has 2 aromatic carbocycles. The number of fused-ring (bicyclic) bond motifs is 1. The summed E-state index contributed by atoms with van der Waals surface area (Å²) in [6, 6.07) is 14.9. The van der Waals surface area contributed by atoms with Crippen LogP contribution in [0.25, 0.3) is 11.1 Å². The smallest absolute Gasteiger partial charge is 0.269 e. The molecule has 1 N–H and O–H groups in total. The van der Waals surface area contributed by atoms with Crippen LogP contribution < -0.4 is 0 Å². The summed E-state index contributed by atoms with van der Waals surface area (Å²) in [4.78, 5) is 0.444. The molecule has 3 rings (SSSR count). The van der Waals surface area contributed by atoms with Gasteiger partial charge in [0.1, 0.15) is 5.75 Å². The van der Waals surface area contributed by atoms with Crippen LogP contribution in [0.2, 0.25) is 0 Å². The molecule has 0 spiro atoms. The number of rotatable bonds is 2. The summed E-state index contributed by atoms with van der Waals surface area (Å²) < 4.78 is 7.43. The lowest BCUT2D eigenvalue weighted by Crippen LogP contribution is -1.98. The Bertz CT molecular complexity index is 758. The fourth-order valence-electron chi connectivity index (χ4n) is 2.00. The zero-order chi connectivity index (χ0) is 12.5. The third-order valence-corrected chi connectivity index (χ3v) is 3.13. The van der Waals surface area contributed by atoms with Gasteiger partial charge in [-0.2, -0.15) is 0 Å². The maximum atomic E-state index is 9.47. The fraction of sp³-hybridized carbons (Fsp3) is 0.0714. The van der Waals surface area contributed by atoms with Gasteiger partial charge in [0.25, 0.3) is 4.84 Å². The number of hydrogen-bond acceptors (Lipinski definition) is 3. The van der Waals surface area contributed by atoms with E-state index in [9.17, 15) is 5.11 Å². The van der Waals surface area contributed by atoms with Crippen LogP contribution in [0.1, 0.15) is 5.56 Å². The van der Waals surface area contributed by atoms with Crippen molar-refractivity contribution in [3.05, 3.63) is 58.9 Å². The molecule has 18 heavy (non-hydrogen) atoms. The highest BCUT2D eigenvalue weighted by molar-refractivity contribution is 7.71. The van der Waals surface area contributed by atoms with E-state index in [0.717, 1.165) is 16.7 Å². The highest BCUT2D eigenvalue weighted by Crippen LogP contribution is 2.19. The normalized spacial score (nSPS) is 10.9. The molecule has 3 nitrogen and oxygen atoms in total. The van der Waals surface area contributed by atoms with Gasteiger partial charge in [0.05, 0.1) is 12.1 Å². The van der Waals surface area contributed by atoms with E-state index >= 15 is 0 Å². The molecule has 0 amide bonds. The Balaban J connectivity index is 2.10. The number of aromatic hydroxyl groups is 1. The standard InChI is InChI=1S/C14H11NO2S/c16-11-5-3-4-10(8-11)9-15-12-6-1-2-7-13(12)17-14(15)18/h1-8,16H,9H2. The molecule has 0 aliphatic heterocycles. The van der Waals surface area contributed by atoms with Gasteiger partial charge >= 0.3 is 0 Å². The van der Waals surface area contributed by atoms with E-state index < -0.39 is 0 Å². The van der Waals surface area contributed by atoms with E-state index in [1.165, 1.54) is 0 Å². The molecular formula is C14H11NO2S. The molecule has 0 aliphatic carbocycles. The highest BCUT2D eigenvalue weighted by Gasteiger charge is 2.06. The van der Waals surface area contributed by atoms with Crippen LogP contribution in [0, 0.1) is 4.84 Å². The van der Waals surface area contributed by atoms with E-state index in [2.05, 4.69) is 0 Å². The first kappa shape index (κ1) is 11.0. The lowest BCUT2D eigenvalue weighted by Gasteiger charge is -2.04. The van der Waals surface area contributed by atoms with Gasteiger partial charge in [0, 0.05) is 0 Å². The van der Waals surface area contributed by atoms with Crippen LogP contribution in [-0.4, -0.2) is 9.67 Å². The largest absolute Gasteiger partial charge is 0.508 e. The molecule has 0 saturated carbocycles. The number of aromatic nitrogens is 1. The summed E-state index contributed by atoms with van der Waals surface area (Å²) in [5.41, 5.74) is 2.73. The molecule has 0 saturated heterocycles. The van der Waals surface area contributed by atoms with Crippen LogP contribution in [0.15, 0.2) is 52.9 Å². The van der Waals surface area contributed by atoms with Gasteiger partial charge < -0.3 is 9.52 Å². The molecule has 0 bridgehead atoms. The molecule has 0 unspecified atom stereocenters. The second-order valence-corrected chi connectivity index (χ2v) is 4.44. The molecule has 1 aromatic heterocycles. The van der Waals surface area contributed by atoms with Gasteiger partial charge in [0.15, 0.2) is 5.58 Å². The molecule has 1 heterocycles. The highest BCUT2D eigenvalue weighted by atomic mass is 32.1. The first-order valence-corrected chi connectivity index (χ1v) is 6.01. The van der Waals surface area contributed by atoms with Crippen LogP contribution >= 0.6 is 12.2 Å². The van der Waals surface area contributed by atoms with Crippen molar-refractivity contribution >= 4 is 23.3 Å². The monoisotopic (exact) mass is 257 g/mol. The van der Waals surface area contributed by atoms with Gasteiger partial charge in [-0.05, 0) is 42.0 Å². The zero-order valence-corrected chi connectivity index (χ0v) is 10.4.